The lowest BCUT2D eigenvalue weighted by Crippen LogP contribution is -2.04. The fourth-order valence-electron chi connectivity index (χ4n) is 2.06. The van der Waals surface area contributed by atoms with Gasteiger partial charge in [0.1, 0.15) is 6.33 Å². The molecule has 0 saturated carbocycles. The molecule has 0 unspecified atom stereocenters. The number of benzene rings is 1. The summed E-state index contributed by atoms with van der Waals surface area (Å²) < 4.78 is 49.8. The average molecular weight is 385 g/mol. The van der Waals surface area contributed by atoms with Crippen LogP contribution in [0.5, 0.6) is 0 Å². The summed E-state index contributed by atoms with van der Waals surface area (Å²) in [5.41, 5.74) is -0.280. The van der Waals surface area contributed by atoms with Crippen LogP contribution in [0.4, 0.5) is 13.2 Å². The van der Waals surface area contributed by atoms with Crippen LogP contribution in [0.25, 0.3) is 11.4 Å². The summed E-state index contributed by atoms with van der Waals surface area (Å²) in [6, 6.07) is 4.59. The highest BCUT2D eigenvalue weighted by molar-refractivity contribution is 7.98. The van der Waals surface area contributed by atoms with Gasteiger partial charge in [0.15, 0.2) is 5.16 Å². The number of nitrogens with zero attached hydrogens (tertiary/aromatic N) is 5. The summed E-state index contributed by atoms with van der Waals surface area (Å²) in [4.78, 5) is 4.20. The zero-order chi connectivity index (χ0) is 18.6. The monoisotopic (exact) mass is 385 g/mol. The molecule has 1 aromatic carbocycles. The van der Waals surface area contributed by atoms with Crippen LogP contribution < -0.4 is 0 Å². The summed E-state index contributed by atoms with van der Waals surface area (Å²) in [6.45, 7) is 1.15. The Kier molecular flexibility index (Phi) is 5.57. The second-order valence-electron chi connectivity index (χ2n) is 5.18. The van der Waals surface area contributed by atoms with E-state index in [1.165, 1.54) is 23.9 Å². The molecule has 138 valence electrons. The number of thioether (sulfide) groups is 1. The Morgan fingerprint density at radius 3 is 2.69 bits per heavy atom. The minimum atomic E-state index is -4.38. The zero-order valence-corrected chi connectivity index (χ0v) is 14.4. The van der Waals surface area contributed by atoms with Gasteiger partial charge in [-0.25, -0.2) is 0 Å². The predicted octanol–water partition coefficient (Wildman–Crippen LogP) is 3.29. The molecule has 7 nitrogen and oxygen atoms in total. The number of aromatic nitrogens is 5. The number of halogens is 3. The van der Waals surface area contributed by atoms with E-state index in [4.69, 9.17) is 9.26 Å². The Labute approximate surface area is 150 Å². The number of rotatable bonds is 7. The summed E-state index contributed by atoms with van der Waals surface area (Å²) >= 11 is 1.36. The van der Waals surface area contributed by atoms with Gasteiger partial charge in [0, 0.05) is 19.2 Å². The number of ether oxygens (including phenoxy) is 1. The van der Waals surface area contributed by atoms with Crippen molar-refractivity contribution in [2.75, 3.05) is 13.7 Å². The molecule has 0 aliphatic carbocycles. The summed E-state index contributed by atoms with van der Waals surface area (Å²) in [7, 11) is 1.61. The first kappa shape index (κ1) is 18.4. The Hall–Kier alpha value is -2.40. The highest BCUT2D eigenvalue weighted by Crippen LogP contribution is 2.30. The smallest absolute Gasteiger partial charge is 0.383 e. The molecule has 0 atom stereocenters. The molecule has 0 amide bonds. The Morgan fingerprint density at radius 2 is 2.00 bits per heavy atom. The van der Waals surface area contributed by atoms with Crippen LogP contribution in [0, 0.1) is 0 Å². The maximum Gasteiger partial charge on any atom is 0.416 e. The molecule has 0 fully saturated rings. The molecule has 0 spiro atoms. The van der Waals surface area contributed by atoms with Crippen LogP contribution in [0.15, 0.2) is 40.3 Å². The molecule has 26 heavy (non-hydrogen) atoms. The molecule has 0 aliphatic heterocycles. The van der Waals surface area contributed by atoms with Gasteiger partial charge < -0.3 is 13.8 Å². The van der Waals surface area contributed by atoms with Gasteiger partial charge in [0.25, 0.3) is 0 Å². The topological polar surface area (TPSA) is 78.9 Å². The van der Waals surface area contributed by atoms with Crippen molar-refractivity contribution < 1.29 is 22.4 Å². The molecule has 3 rings (SSSR count). The van der Waals surface area contributed by atoms with E-state index in [0.29, 0.717) is 35.5 Å². The molecule has 2 heterocycles. The van der Waals surface area contributed by atoms with Crippen LogP contribution in [-0.2, 0) is 23.2 Å². The second-order valence-corrected chi connectivity index (χ2v) is 6.12. The predicted molar refractivity (Wildman–Crippen MR) is 86.2 cm³/mol. The molecule has 0 radical (unpaired) electrons. The lowest BCUT2D eigenvalue weighted by Gasteiger charge is -2.05. The van der Waals surface area contributed by atoms with Gasteiger partial charge in [-0.1, -0.05) is 29.1 Å². The third-order valence-corrected chi connectivity index (χ3v) is 4.35. The first-order chi connectivity index (χ1) is 12.5. The quantitative estimate of drug-likeness (QED) is 0.578. The minimum absolute atomic E-state index is 0.232. The number of alkyl halides is 3. The van der Waals surface area contributed by atoms with Crippen molar-refractivity contribution in [1.82, 2.24) is 24.9 Å². The van der Waals surface area contributed by atoms with Gasteiger partial charge in [-0.3, -0.25) is 0 Å². The van der Waals surface area contributed by atoms with Crippen molar-refractivity contribution in [3.63, 3.8) is 0 Å². The van der Waals surface area contributed by atoms with Crippen LogP contribution in [0.3, 0.4) is 0 Å². The van der Waals surface area contributed by atoms with Crippen LogP contribution >= 0.6 is 11.8 Å². The maximum atomic E-state index is 12.6. The standard InChI is InChI=1S/C15H14F3N5O2S/c1-24-7-6-23-9-19-21-14(23)26-8-12-20-13(22-25-12)10-2-4-11(5-3-10)15(16,17)18/h2-5,9H,6-8H2,1H3. The van der Waals surface area contributed by atoms with Crippen molar-refractivity contribution in [2.24, 2.45) is 0 Å². The third kappa shape index (κ3) is 4.41. The van der Waals surface area contributed by atoms with Crippen LogP contribution in [-0.4, -0.2) is 38.6 Å². The molecule has 0 aliphatic rings. The molecule has 2 aromatic heterocycles. The fourth-order valence-corrected chi connectivity index (χ4v) is 2.84. The van der Waals surface area contributed by atoms with Gasteiger partial charge >= 0.3 is 6.18 Å². The zero-order valence-electron chi connectivity index (χ0n) is 13.6. The van der Waals surface area contributed by atoms with E-state index in [-0.39, 0.29) is 5.82 Å². The normalized spacial score (nSPS) is 11.8. The van der Waals surface area contributed by atoms with Crippen molar-refractivity contribution in [1.29, 1.82) is 0 Å². The number of hydrogen-bond acceptors (Lipinski definition) is 7. The average Bonchev–Trinajstić information content (AvgIpc) is 3.26. The molecule has 0 saturated heterocycles. The van der Waals surface area contributed by atoms with Crippen molar-refractivity contribution in [3.05, 3.63) is 42.0 Å². The lowest BCUT2D eigenvalue weighted by atomic mass is 10.1. The third-order valence-electron chi connectivity index (χ3n) is 3.38. The van der Waals surface area contributed by atoms with E-state index >= 15 is 0 Å². The minimum Gasteiger partial charge on any atom is -0.383 e. The van der Waals surface area contributed by atoms with E-state index in [9.17, 15) is 13.2 Å². The summed E-state index contributed by atoms with van der Waals surface area (Å²) in [5.74, 6) is 0.931. The SMILES string of the molecule is COCCn1cnnc1SCc1nc(-c2ccc(C(F)(F)F)cc2)no1. The first-order valence-electron chi connectivity index (χ1n) is 7.47. The fraction of sp³-hybridized carbons (Fsp3) is 0.333. The van der Waals surface area contributed by atoms with Crippen LogP contribution in [0.1, 0.15) is 11.5 Å². The van der Waals surface area contributed by atoms with Gasteiger partial charge in [-0.2, -0.15) is 18.2 Å². The molecule has 11 heteroatoms. The molecular weight excluding hydrogens is 371 g/mol. The van der Waals surface area contributed by atoms with Gasteiger partial charge in [0.2, 0.25) is 11.7 Å². The van der Waals surface area contributed by atoms with Gasteiger partial charge in [-0.05, 0) is 12.1 Å². The van der Waals surface area contributed by atoms with Gasteiger partial charge in [0.05, 0.1) is 17.9 Å². The van der Waals surface area contributed by atoms with E-state index in [1.807, 2.05) is 4.57 Å². The molecule has 0 N–H and O–H groups in total. The number of methoxy groups -OCH3 is 1. The molecule has 3 aromatic rings. The van der Waals surface area contributed by atoms with E-state index in [1.54, 1.807) is 13.4 Å². The van der Waals surface area contributed by atoms with E-state index in [0.717, 1.165) is 12.1 Å². The van der Waals surface area contributed by atoms with Crippen molar-refractivity contribution in [3.8, 4) is 11.4 Å². The summed E-state index contributed by atoms with van der Waals surface area (Å²) in [5, 5.41) is 12.3. The van der Waals surface area contributed by atoms with Crippen molar-refractivity contribution >= 4 is 11.8 Å². The second kappa shape index (κ2) is 7.87. The van der Waals surface area contributed by atoms with Crippen molar-refractivity contribution in [2.45, 2.75) is 23.6 Å². The van der Waals surface area contributed by atoms with E-state index < -0.39 is 11.7 Å². The van der Waals surface area contributed by atoms with Gasteiger partial charge in [-0.15, -0.1) is 10.2 Å². The first-order valence-corrected chi connectivity index (χ1v) is 8.45. The highest BCUT2D eigenvalue weighted by atomic mass is 32.2. The Bertz CT molecular complexity index is 848. The number of hydrogen-bond donors (Lipinski definition) is 0. The molecular formula is C15H14F3N5O2S. The maximum absolute atomic E-state index is 12.6. The Balaban J connectivity index is 1.64. The largest absolute Gasteiger partial charge is 0.416 e. The highest BCUT2D eigenvalue weighted by Gasteiger charge is 2.30. The molecule has 0 bridgehead atoms. The van der Waals surface area contributed by atoms with Crippen LogP contribution in [0.2, 0.25) is 0 Å². The summed E-state index contributed by atoms with van der Waals surface area (Å²) in [6.07, 6.45) is -2.78. The lowest BCUT2D eigenvalue weighted by molar-refractivity contribution is -0.137. The Morgan fingerprint density at radius 1 is 1.23 bits per heavy atom. The van der Waals surface area contributed by atoms with E-state index in [2.05, 4.69) is 20.3 Å².